The summed E-state index contributed by atoms with van der Waals surface area (Å²) in [5.41, 5.74) is 1.61. The van der Waals surface area contributed by atoms with E-state index in [1.165, 1.54) is 11.8 Å². The van der Waals surface area contributed by atoms with Gasteiger partial charge >= 0.3 is 0 Å². The standard InChI is InChI=1S/C20H23N5O2S/c1-4-25-18(15-10-12-21-13-11-15)23-24-20(25)28-14(3)19(26)22-16-8-6-7-9-17(16)27-5-2/h6-14H,4-5H2,1-3H3,(H,22,26)/t14-/m0/s1. The summed E-state index contributed by atoms with van der Waals surface area (Å²) in [6.07, 6.45) is 3.45. The minimum Gasteiger partial charge on any atom is -0.492 e. The second-order valence-electron chi connectivity index (χ2n) is 5.96. The largest absolute Gasteiger partial charge is 0.492 e. The lowest BCUT2D eigenvalue weighted by Gasteiger charge is -2.15. The highest BCUT2D eigenvalue weighted by Gasteiger charge is 2.21. The molecule has 1 N–H and O–H groups in total. The first-order valence-corrected chi connectivity index (χ1v) is 10.0. The van der Waals surface area contributed by atoms with Crippen LogP contribution in [-0.2, 0) is 11.3 Å². The number of pyridine rings is 1. The van der Waals surface area contributed by atoms with Crippen LogP contribution in [0.4, 0.5) is 5.69 Å². The summed E-state index contributed by atoms with van der Waals surface area (Å²) in [7, 11) is 0. The van der Waals surface area contributed by atoms with Crippen LogP contribution in [-0.4, -0.2) is 37.5 Å². The Balaban J connectivity index is 1.74. The van der Waals surface area contributed by atoms with Crippen molar-refractivity contribution in [2.75, 3.05) is 11.9 Å². The van der Waals surface area contributed by atoms with Gasteiger partial charge in [0.05, 0.1) is 17.5 Å². The first kappa shape index (κ1) is 19.9. The SMILES string of the molecule is CCOc1ccccc1NC(=O)[C@H](C)Sc1nnc(-c2ccncc2)n1CC. The quantitative estimate of drug-likeness (QED) is 0.581. The third-order valence-corrected chi connectivity index (χ3v) is 5.15. The molecule has 8 heteroatoms. The smallest absolute Gasteiger partial charge is 0.237 e. The number of aromatic nitrogens is 4. The molecule has 0 unspecified atom stereocenters. The predicted octanol–water partition coefficient (Wildman–Crippen LogP) is 3.88. The number of nitrogens with one attached hydrogen (secondary N) is 1. The van der Waals surface area contributed by atoms with Crippen molar-refractivity contribution in [3.05, 3.63) is 48.8 Å². The van der Waals surface area contributed by atoms with Gasteiger partial charge in [-0.05, 0) is 45.0 Å². The van der Waals surface area contributed by atoms with Crippen LogP contribution >= 0.6 is 11.8 Å². The maximum Gasteiger partial charge on any atom is 0.237 e. The maximum atomic E-state index is 12.7. The summed E-state index contributed by atoms with van der Waals surface area (Å²) in [5, 5.41) is 11.9. The molecular weight excluding hydrogens is 374 g/mol. The average Bonchev–Trinajstić information content (AvgIpc) is 3.12. The predicted molar refractivity (Wildman–Crippen MR) is 110 cm³/mol. The number of nitrogens with zero attached hydrogens (tertiary/aromatic N) is 4. The summed E-state index contributed by atoms with van der Waals surface area (Å²) < 4.78 is 7.57. The number of anilines is 1. The highest BCUT2D eigenvalue weighted by Crippen LogP contribution is 2.29. The van der Waals surface area contributed by atoms with Gasteiger partial charge in [0, 0.05) is 24.5 Å². The van der Waals surface area contributed by atoms with Gasteiger partial charge in [-0.3, -0.25) is 9.78 Å². The van der Waals surface area contributed by atoms with E-state index in [9.17, 15) is 4.79 Å². The van der Waals surface area contributed by atoms with E-state index in [1.54, 1.807) is 12.4 Å². The molecular formula is C20H23N5O2S. The Hall–Kier alpha value is -2.87. The van der Waals surface area contributed by atoms with E-state index >= 15 is 0 Å². The summed E-state index contributed by atoms with van der Waals surface area (Å²) in [6, 6.07) is 11.2. The fourth-order valence-corrected chi connectivity index (χ4v) is 3.59. The highest BCUT2D eigenvalue weighted by atomic mass is 32.2. The average molecular weight is 398 g/mol. The topological polar surface area (TPSA) is 81.9 Å². The number of hydrogen-bond acceptors (Lipinski definition) is 6. The molecule has 2 aromatic heterocycles. The first-order valence-electron chi connectivity index (χ1n) is 9.17. The molecule has 0 saturated heterocycles. The molecule has 0 aliphatic heterocycles. The van der Waals surface area contributed by atoms with Crippen LogP contribution in [0.2, 0.25) is 0 Å². The summed E-state index contributed by atoms with van der Waals surface area (Å²) in [6.45, 7) is 7.03. The number of benzene rings is 1. The Morgan fingerprint density at radius 2 is 1.93 bits per heavy atom. The molecule has 3 aromatic rings. The van der Waals surface area contributed by atoms with E-state index < -0.39 is 0 Å². The molecule has 146 valence electrons. The monoisotopic (exact) mass is 397 g/mol. The fraction of sp³-hybridized carbons (Fsp3) is 0.300. The molecule has 0 aliphatic carbocycles. The highest BCUT2D eigenvalue weighted by molar-refractivity contribution is 8.00. The van der Waals surface area contributed by atoms with Crippen molar-refractivity contribution < 1.29 is 9.53 Å². The number of carbonyl (C=O) groups is 1. The van der Waals surface area contributed by atoms with Crippen LogP contribution < -0.4 is 10.1 Å². The van der Waals surface area contributed by atoms with Crippen molar-refractivity contribution in [3.63, 3.8) is 0 Å². The molecule has 1 aromatic carbocycles. The van der Waals surface area contributed by atoms with E-state index in [0.29, 0.717) is 29.7 Å². The van der Waals surface area contributed by atoms with Gasteiger partial charge in [-0.25, -0.2) is 0 Å². The van der Waals surface area contributed by atoms with Crippen LogP contribution in [0.15, 0.2) is 53.9 Å². The number of rotatable bonds is 8. The molecule has 0 fully saturated rings. The van der Waals surface area contributed by atoms with Crippen molar-refractivity contribution in [2.24, 2.45) is 0 Å². The van der Waals surface area contributed by atoms with Crippen LogP contribution in [0, 0.1) is 0 Å². The van der Waals surface area contributed by atoms with E-state index in [4.69, 9.17) is 4.74 Å². The van der Waals surface area contributed by atoms with E-state index in [1.807, 2.05) is 61.7 Å². The fourth-order valence-electron chi connectivity index (χ4n) is 2.67. The van der Waals surface area contributed by atoms with Crippen molar-refractivity contribution in [3.8, 4) is 17.1 Å². The lowest BCUT2D eigenvalue weighted by atomic mass is 10.2. The second-order valence-corrected chi connectivity index (χ2v) is 7.27. The lowest BCUT2D eigenvalue weighted by molar-refractivity contribution is -0.115. The Bertz CT molecular complexity index is 929. The maximum absolute atomic E-state index is 12.7. The molecule has 1 amide bonds. The first-order chi connectivity index (χ1) is 13.6. The van der Waals surface area contributed by atoms with E-state index in [2.05, 4.69) is 20.5 Å². The molecule has 7 nitrogen and oxygen atoms in total. The molecule has 0 spiro atoms. The van der Waals surface area contributed by atoms with E-state index in [-0.39, 0.29) is 11.2 Å². The van der Waals surface area contributed by atoms with Crippen LogP contribution in [0.5, 0.6) is 5.75 Å². The van der Waals surface area contributed by atoms with Gasteiger partial charge in [0.2, 0.25) is 5.91 Å². The molecule has 2 heterocycles. The minimum absolute atomic E-state index is 0.117. The molecule has 0 saturated carbocycles. The van der Waals surface area contributed by atoms with Gasteiger partial charge in [0.25, 0.3) is 0 Å². The van der Waals surface area contributed by atoms with Gasteiger partial charge in [0.1, 0.15) is 5.75 Å². The van der Waals surface area contributed by atoms with Gasteiger partial charge < -0.3 is 14.6 Å². The summed E-state index contributed by atoms with van der Waals surface area (Å²) in [5.74, 6) is 1.31. The van der Waals surface area contributed by atoms with Crippen LogP contribution in [0.3, 0.4) is 0 Å². The van der Waals surface area contributed by atoms with E-state index in [0.717, 1.165) is 11.4 Å². The number of carbonyl (C=O) groups excluding carboxylic acids is 1. The van der Waals surface area contributed by atoms with Crippen LogP contribution in [0.1, 0.15) is 20.8 Å². The van der Waals surface area contributed by atoms with Gasteiger partial charge in [-0.2, -0.15) is 0 Å². The number of thioether (sulfide) groups is 1. The minimum atomic E-state index is -0.352. The normalized spacial score (nSPS) is 11.8. The number of para-hydroxylation sites is 2. The molecule has 28 heavy (non-hydrogen) atoms. The van der Waals surface area contributed by atoms with Crippen molar-refractivity contribution in [2.45, 2.75) is 37.7 Å². The van der Waals surface area contributed by atoms with Crippen molar-refractivity contribution >= 4 is 23.4 Å². The third-order valence-electron chi connectivity index (χ3n) is 4.07. The molecule has 1 atom stereocenters. The third kappa shape index (κ3) is 4.51. The van der Waals surface area contributed by atoms with Gasteiger partial charge in [0.15, 0.2) is 11.0 Å². The molecule has 0 bridgehead atoms. The Morgan fingerprint density at radius 3 is 2.64 bits per heavy atom. The number of hydrogen-bond donors (Lipinski definition) is 1. The van der Waals surface area contributed by atoms with Gasteiger partial charge in [-0.15, -0.1) is 10.2 Å². The Labute approximate surface area is 168 Å². The summed E-state index contributed by atoms with van der Waals surface area (Å²) in [4.78, 5) is 16.7. The number of ether oxygens (including phenoxy) is 1. The summed E-state index contributed by atoms with van der Waals surface area (Å²) >= 11 is 1.38. The lowest BCUT2D eigenvalue weighted by Crippen LogP contribution is -2.23. The van der Waals surface area contributed by atoms with Gasteiger partial charge in [-0.1, -0.05) is 23.9 Å². The zero-order valence-corrected chi connectivity index (χ0v) is 16.9. The molecule has 0 aliphatic rings. The Kier molecular flexibility index (Phi) is 6.65. The number of amides is 1. The van der Waals surface area contributed by atoms with Crippen molar-refractivity contribution in [1.82, 2.24) is 19.7 Å². The van der Waals surface area contributed by atoms with Crippen molar-refractivity contribution in [1.29, 1.82) is 0 Å². The second kappa shape index (κ2) is 9.36. The molecule has 0 radical (unpaired) electrons. The Morgan fingerprint density at radius 1 is 1.18 bits per heavy atom. The molecule has 3 rings (SSSR count). The zero-order chi connectivity index (χ0) is 19.9. The van der Waals surface area contributed by atoms with Crippen LogP contribution in [0.25, 0.3) is 11.4 Å². The zero-order valence-electron chi connectivity index (χ0n) is 16.1.